The van der Waals surface area contributed by atoms with Gasteiger partial charge in [0.25, 0.3) is 0 Å². The molecule has 1 aromatic rings. The second kappa shape index (κ2) is 3.98. The van der Waals surface area contributed by atoms with Gasteiger partial charge in [-0.3, -0.25) is 0 Å². The van der Waals surface area contributed by atoms with Crippen molar-refractivity contribution in [1.82, 2.24) is 4.98 Å². The average molecular weight is 232 g/mol. The van der Waals surface area contributed by atoms with Crippen LogP contribution in [0.1, 0.15) is 37.4 Å². The van der Waals surface area contributed by atoms with Crippen LogP contribution in [0.5, 0.6) is 0 Å². The summed E-state index contributed by atoms with van der Waals surface area (Å²) in [7, 11) is 0. The smallest absolute Gasteiger partial charge is 0.128 e. The van der Waals surface area contributed by atoms with Gasteiger partial charge < -0.3 is 10.0 Å². The molecule has 0 unspecified atom stereocenters. The zero-order valence-electron chi connectivity index (χ0n) is 10.4. The van der Waals surface area contributed by atoms with Gasteiger partial charge in [0, 0.05) is 18.8 Å². The first-order valence-corrected chi connectivity index (χ1v) is 6.60. The molecule has 0 atom stereocenters. The molecule has 0 radical (unpaired) electrons. The van der Waals surface area contributed by atoms with Crippen LogP contribution in [0.2, 0.25) is 0 Å². The quantitative estimate of drug-likeness (QED) is 0.803. The maximum absolute atomic E-state index is 9.95. The molecule has 2 heterocycles. The van der Waals surface area contributed by atoms with Crippen LogP contribution in [0, 0.1) is 0 Å². The Balaban J connectivity index is 1.77. The van der Waals surface area contributed by atoms with Crippen molar-refractivity contribution in [2.45, 2.75) is 44.6 Å². The van der Waals surface area contributed by atoms with Gasteiger partial charge in [-0.2, -0.15) is 0 Å². The van der Waals surface area contributed by atoms with Crippen LogP contribution in [0.15, 0.2) is 12.1 Å². The molecular weight excluding hydrogens is 212 g/mol. The first-order chi connectivity index (χ1) is 8.14. The minimum absolute atomic E-state index is 0.479. The Bertz CT molecular complexity index is 418. The van der Waals surface area contributed by atoms with Gasteiger partial charge in [-0.1, -0.05) is 6.07 Å². The number of rotatable bonds is 1. The molecule has 1 saturated heterocycles. The van der Waals surface area contributed by atoms with Crippen LogP contribution in [0.3, 0.4) is 0 Å². The van der Waals surface area contributed by atoms with Crippen molar-refractivity contribution in [1.29, 1.82) is 0 Å². The lowest BCUT2D eigenvalue weighted by molar-refractivity contribution is 0.0350. The summed E-state index contributed by atoms with van der Waals surface area (Å²) in [6.07, 6.45) is 5.25. The Hall–Kier alpha value is -1.09. The van der Waals surface area contributed by atoms with Crippen molar-refractivity contribution in [2.75, 3.05) is 18.0 Å². The second-order valence-electron chi connectivity index (χ2n) is 5.61. The Kier molecular flexibility index (Phi) is 2.58. The highest BCUT2D eigenvalue weighted by Gasteiger charge is 2.28. The molecule has 1 aliphatic carbocycles. The van der Waals surface area contributed by atoms with E-state index < -0.39 is 5.60 Å². The Labute approximate surface area is 102 Å². The highest BCUT2D eigenvalue weighted by Crippen LogP contribution is 2.27. The average Bonchev–Trinajstić information content (AvgIpc) is 2.76. The lowest BCUT2D eigenvalue weighted by atomic mass is 9.94. The number of pyridine rings is 1. The summed E-state index contributed by atoms with van der Waals surface area (Å²) in [5, 5.41) is 9.95. The molecule has 92 valence electrons. The maximum atomic E-state index is 9.95. The molecule has 1 fully saturated rings. The first-order valence-electron chi connectivity index (χ1n) is 6.60. The number of aromatic nitrogens is 1. The van der Waals surface area contributed by atoms with Crippen molar-refractivity contribution < 1.29 is 5.11 Å². The van der Waals surface area contributed by atoms with E-state index in [-0.39, 0.29) is 0 Å². The monoisotopic (exact) mass is 232 g/mol. The van der Waals surface area contributed by atoms with E-state index in [1.54, 1.807) is 0 Å². The van der Waals surface area contributed by atoms with Crippen molar-refractivity contribution in [3.63, 3.8) is 0 Å². The van der Waals surface area contributed by atoms with Gasteiger partial charge in [-0.15, -0.1) is 0 Å². The van der Waals surface area contributed by atoms with Crippen LogP contribution in [0.25, 0.3) is 0 Å². The van der Waals surface area contributed by atoms with E-state index in [2.05, 4.69) is 17.0 Å². The topological polar surface area (TPSA) is 36.4 Å². The van der Waals surface area contributed by atoms with Gasteiger partial charge in [0.15, 0.2) is 0 Å². The number of nitrogens with zero attached hydrogens (tertiary/aromatic N) is 2. The predicted octanol–water partition coefficient (Wildman–Crippen LogP) is 1.92. The molecule has 0 saturated carbocycles. The molecule has 0 bridgehead atoms. The fraction of sp³-hybridized carbons (Fsp3) is 0.643. The molecule has 0 spiro atoms. The third-order valence-corrected chi connectivity index (χ3v) is 4.08. The van der Waals surface area contributed by atoms with E-state index in [0.29, 0.717) is 0 Å². The summed E-state index contributed by atoms with van der Waals surface area (Å²) < 4.78 is 0. The lowest BCUT2D eigenvalue weighted by Crippen LogP contribution is -2.42. The van der Waals surface area contributed by atoms with E-state index in [1.807, 2.05) is 6.92 Å². The normalized spacial score (nSPS) is 22.6. The van der Waals surface area contributed by atoms with Crippen molar-refractivity contribution in [3.8, 4) is 0 Å². The third-order valence-electron chi connectivity index (χ3n) is 4.08. The van der Waals surface area contributed by atoms with Crippen LogP contribution in [0.4, 0.5) is 5.82 Å². The molecule has 3 nitrogen and oxygen atoms in total. The van der Waals surface area contributed by atoms with E-state index in [9.17, 15) is 5.11 Å². The molecule has 3 heteroatoms. The first kappa shape index (κ1) is 11.0. The molecule has 0 amide bonds. The number of hydrogen-bond donors (Lipinski definition) is 1. The number of fused-ring (bicyclic) bond motifs is 1. The summed E-state index contributed by atoms with van der Waals surface area (Å²) in [5.41, 5.74) is 2.24. The molecule has 1 aromatic heterocycles. The van der Waals surface area contributed by atoms with Crippen molar-refractivity contribution in [2.24, 2.45) is 0 Å². The number of aliphatic hydroxyl groups is 1. The van der Waals surface area contributed by atoms with Gasteiger partial charge in [-0.05, 0) is 50.7 Å². The standard InChI is InChI=1S/C14H20N2O/c1-14(17)7-9-16(10-8-14)13-6-5-11-3-2-4-12(11)15-13/h5-6,17H,2-4,7-10H2,1H3. The highest BCUT2D eigenvalue weighted by atomic mass is 16.3. The zero-order valence-corrected chi connectivity index (χ0v) is 10.4. The molecule has 0 aromatic carbocycles. The van der Waals surface area contributed by atoms with Gasteiger partial charge in [0.05, 0.1) is 5.60 Å². The number of piperidine rings is 1. The van der Waals surface area contributed by atoms with Gasteiger partial charge >= 0.3 is 0 Å². The minimum atomic E-state index is -0.479. The second-order valence-corrected chi connectivity index (χ2v) is 5.61. The maximum Gasteiger partial charge on any atom is 0.128 e. The molecule has 17 heavy (non-hydrogen) atoms. The van der Waals surface area contributed by atoms with Crippen LogP contribution >= 0.6 is 0 Å². The SMILES string of the molecule is CC1(O)CCN(c2ccc3c(n2)CCC3)CC1. The summed E-state index contributed by atoms with van der Waals surface area (Å²) >= 11 is 0. The molecule has 3 rings (SSSR count). The number of hydrogen-bond acceptors (Lipinski definition) is 3. The summed E-state index contributed by atoms with van der Waals surface area (Å²) in [5.74, 6) is 1.10. The van der Waals surface area contributed by atoms with Crippen LogP contribution in [-0.2, 0) is 12.8 Å². The van der Waals surface area contributed by atoms with Crippen LogP contribution < -0.4 is 4.90 Å². The van der Waals surface area contributed by atoms with Gasteiger partial charge in [0.1, 0.15) is 5.82 Å². The molecule has 1 aliphatic heterocycles. The van der Waals surface area contributed by atoms with Crippen molar-refractivity contribution >= 4 is 5.82 Å². The van der Waals surface area contributed by atoms with E-state index in [0.717, 1.165) is 38.2 Å². The fourth-order valence-corrected chi connectivity index (χ4v) is 2.80. The van der Waals surface area contributed by atoms with Crippen molar-refractivity contribution in [3.05, 3.63) is 23.4 Å². The minimum Gasteiger partial charge on any atom is -0.390 e. The molecular formula is C14H20N2O. The van der Waals surface area contributed by atoms with E-state index >= 15 is 0 Å². The molecule has 2 aliphatic rings. The van der Waals surface area contributed by atoms with Gasteiger partial charge in [-0.25, -0.2) is 4.98 Å². The summed E-state index contributed by atoms with van der Waals surface area (Å²) in [6, 6.07) is 4.38. The Morgan fingerprint density at radius 3 is 2.76 bits per heavy atom. The number of aryl methyl sites for hydroxylation is 2. The predicted molar refractivity (Wildman–Crippen MR) is 68.3 cm³/mol. The van der Waals surface area contributed by atoms with E-state index in [4.69, 9.17) is 4.98 Å². The lowest BCUT2D eigenvalue weighted by Gasteiger charge is -2.36. The Morgan fingerprint density at radius 1 is 1.24 bits per heavy atom. The summed E-state index contributed by atoms with van der Waals surface area (Å²) in [6.45, 7) is 3.76. The molecule has 1 N–H and O–H groups in total. The van der Waals surface area contributed by atoms with Gasteiger partial charge in [0.2, 0.25) is 0 Å². The van der Waals surface area contributed by atoms with Crippen LogP contribution in [-0.4, -0.2) is 28.8 Å². The zero-order chi connectivity index (χ0) is 11.9. The summed E-state index contributed by atoms with van der Waals surface area (Å²) in [4.78, 5) is 7.07. The fourth-order valence-electron chi connectivity index (χ4n) is 2.80. The Morgan fingerprint density at radius 2 is 2.00 bits per heavy atom. The highest BCUT2D eigenvalue weighted by molar-refractivity contribution is 5.43. The third kappa shape index (κ3) is 2.16. The van der Waals surface area contributed by atoms with E-state index in [1.165, 1.54) is 24.1 Å². The largest absolute Gasteiger partial charge is 0.390 e. The number of anilines is 1.